The fraction of sp³-hybridized carbons (Fsp3) is 0.381. The lowest BCUT2D eigenvalue weighted by Gasteiger charge is -2.29. The molecule has 0 saturated carbocycles. The van der Waals surface area contributed by atoms with Crippen molar-refractivity contribution < 1.29 is 13.2 Å². The lowest BCUT2D eigenvalue weighted by Crippen LogP contribution is -2.38. The Kier molecular flexibility index (Phi) is 6.24. The minimum Gasteiger partial charge on any atom is -0.310 e. The van der Waals surface area contributed by atoms with E-state index in [-0.39, 0.29) is 29.0 Å². The van der Waals surface area contributed by atoms with Crippen LogP contribution < -0.4 is 4.90 Å². The fourth-order valence-corrected chi connectivity index (χ4v) is 4.11. The van der Waals surface area contributed by atoms with Crippen LogP contribution in [0.2, 0.25) is 0 Å². The van der Waals surface area contributed by atoms with Crippen LogP contribution in [-0.4, -0.2) is 26.1 Å². The predicted molar refractivity (Wildman–Crippen MR) is 106 cm³/mol. The number of hydrogen-bond donors (Lipinski definition) is 0. The van der Waals surface area contributed by atoms with Crippen LogP contribution >= 0.6 is 0 Å². The van der Waals surface area contributed by atoms with Gasteiger partial charge < -0.3 is 4.90 Å². The highest BCUT2D eigenvalue weighted by Gasteiger charge is 2.23. The van der Waals surface area contributed by atoms with Crippen molar-refractivity contribution in [3.05, 3.63) is 59.2 Å². The molecule has 0 radical (unpaired) electrons. The molecule has 5 heteroatoms. The second-order valence-corrected chi connectivity index (χ2v) is 9.14. The standard InChI is InChI=1S/C21H27NO3S/c1-15(2)22(20-14-17(4)6-9-18(20)5)21(23)12-13-26(24,25)19-10-7-16(3)8-11-19/h6-11,14-15H,12-13H2,1-5H3. The van der Waals surface area contributed by atoms with E-state index in [4.69, 9.17) is 0 Å². The van der Waals surface area contributed by atoms with Gasteiger partial charge in [-0.25, -0.2) is 8.42 Å². The number of anilines is 1. The number of aryl methyl sites for hydroxylation is 3. The van der Waals surface area contributed by atoms with Crippen molar-refractivity contribution in [2.24, 2.45) is 0 Å². The summed E-state index contributed by atoms with van der Waals surface area (Å²) in [4.78, 5) is 14.8. The zero-order chi connectivity index (χ0) is 19.5. The summed E-state index contributed by atoms with van der Waals surface area (Å²) in [7, 11) is -3.48. The van der Waals surface area contributed by atoms with E-state index in [2.05, 4.69) is 0 Å². The molecule has 0 spiro atoms. The van der Waals surface area contributed by atoms with Gasteiger partial charge >= 0.3 is 0 Å². The third kappa shape index (κ3) is 4.73. The van der Waals surface area contributed by atoms with Crippen LogP contribution in [0.5, 0.6) is 0 Å². The van der Waals surface area contributed by atoms with Gasteiger partial charge in [-0.1, -0.05) is 29.8 Å². The van der Waals surface area contributed by atoms with Crippen LogP contribution in [0.3, 0.4) is 0 Å². The van der Waals surface area contributed by atoms with Crippen molar-refractivity contribution in [3.63, 3.8) is 0 Å². The first-order valence-electron chi connectivity index (χ1n) is 8.80. The van der Waals surface area contributed by atoms with Gasteiger partial charge in [0.15, 0.2) is 9.84 Å². The summed E-state index contributed by atoms with van der Waals surface area (Å²) < 4.78 is 25.1. The van der Waals surface area contributed by atoms with Crippen LogP contribution in [0.1, 0.15) is 37.0 Å². The first kappa shape index (κ1) is 20.2. The van der Waals surface area contributed by atoms with E-state index >= 15 is 0 Å². The average Bonchev–Trinajstić information content (AvgIpc) is 2.56. The Morgan fingerprint density at radius 1 is 0.962 bits per heavy atom. The molecule has 0 aliphatic rings. The van der Waals surface area contributed by atoms with Crippen LogP contribution in [-0.2, 0) is 14.6 Å². The average molecular weight is 374 g/mol. The second-order valence-electron chi connectivity index (χ2n) is 7.03. The molecule has 0 saturated heterocycles. The molecule has 0 heterocycles. The van der Waals surface area contributed by atoms with Gasteiger partial charge in [0.25, 0.3) is 0 Å². The molecule has 2 aromatic rings. The summed E-state index contributed by atoms with van der Waals surface area (Å²) in [5, 5.41) is 0. The minimum atomic E-state index is -3.48. The zero-order valence-corrected chi connectivity index (χ0v) is 16.9. The van der Waals surface area contributed by atoms with Gasteiger partial charge in [0.2, 0.25) is 5.91 Å². The number of rotatable bonds is 6. The molecule has 140 valence electrons. The third-order valence-corrected chi connectivity index (χ3v) is 6.11. The van der Waals surface area contributed by atoms with Crippen molar-refractivity contribution >= 4 is 21.4 Å². The Labute approximate surface area is 156 Å². The van der Waals surface area contributed by atoms with Crippen molar-refractivity contribution in [2.75, 3.05) is 10.7 Å². The number of carbonyl (C=O) groups is 1. The van der Waals surface area contributed by atoms with Gasteiger partial charge in [-0.2, -0.15) is 0 Å². The number of carbonyl (C=O) groups excluding carboxylic acids is 1. The van der Waals surface area contributed by atoms with E-state index in [1.807, 2.05) is 52.8 Å². The van der Waals surface area contributed by atoms with Gasteiger partial charge in [0.05, 0.1) is 10.6 Å². The quantitative estimate of drug-likeness (QED) is 0.762. The van der Waals surface area contributed by atoms with Gasteiger partial charge in [0, 0.05) is 18.2 Å². The summed E-state index contributed by atoms with van der Waals surface area (Å²) >= 11 is 0. The Hall–Kier alpha value is -2.14. The molecule has 2 rings (SSSR count). The number of nitrogens with zero attached hydrogens (tertiary/aromatic N) is 1. The van der Waals surface area contributed by atoms with Crippen LogP contribution in [0, 0.1) is 20.8 Å². The zero-order valence-electron chi connectivity index (χ0n) is 16.1. The van der Waals surface area contributed by atoms with Crippen molar-refractivity contribution in [2.45, 2.75) is 52.0 Å². The van der Waals surface area contributed by atoms with E-state index in [0.717, 1.165) is 22.4 Å². The maximum absolute atomic E-state index is 12.8. The van der Waals surface area contributed by atoms with Gasteiger partial charge in [0.1, 0.15) is 0 Å². The topological polar surface area (TPSA) is 54.5 Å². The van der Waals surface area contributed by atoms with E-state index < -0.39 is 9.84 Å². The molecule has 26 heavy (non-hydrogen) atoms. The molecule has 4 nitrogen and oxygen atoms in total. The summed E-state index contributed by atoms with van der Waals surface area (Å²) in [6.07, 6.45) is -0.0399. The summed E-state index contributed by atoms with van der Waals surface area (Å²) in [5.74, 6) is -0.368. The SMILES string of the molecule is Cc1ccc(S(=O)(=O)CCC(=O)N(c2cc(C)ccc2C)C(C)C)cc1. The Morgan fingerprint density at radius 2 is 1.54 bits per heavy atom. The fourth-order valence-electron chi connectivity index (χ4n) is 2.89. The van der Waals surface area contributed by atoms with Crippen LogP contribution in [0.4, 0.5) is 5.69 Å². The molecule has 2 aromatic carbocycles. The molecule has 0 aromatic heterocycles. The lowest BCUT2D eigenvalue weighted by atomic mass is 10.1. The van der Waals surface area contributed by atoms with Gasteiger partial charge in [-0.3, -0.25) is 4.79 Å². The van der Waals surface area contributed by atoms with E-state index in [1.54, 1.807) is 29.2 Å². The highest BCUT2D eigenvalue weighted by molar-refractivity contribution is 7.91. The molecule has 0 fully saturated rings. The van der Waals surface area contributed by atoms with Crippen molar-refractivity contribution in [1.29, 1.82) is 0 Å². The molecule has 0 aliphatic heterocycles. The highest BCUT2D eigenvalue weighted by Crippen LogP contribution is 2.25. The summed E-state index contributed by atoms with van der Waals surface area (Å²) in [6.45, 7) is 9.72. The largest absolute Gasteiger partial charge is 0.310 e. The number of amides is 1. The van der Waals surface area contributed by atoms with Crippen LogP contribution in [0.25, 0.3) is 0 Å². The monoisotopic (exact) mass is 373 g/mol. The Bertz CT molecular complexity index is 884. The summed E-state index contributed by atoms with van der Waals surface area (Å²) in [5.41, 5.74) is 3.91. The van der Waals surface area contributed by atoms with E-state index in [9.17, 15) is 13.2 Å². The van der Waals surface area contributed by atoms with Crippen molar-refractivity contribution in [1.82, 2.24) is 0 Å². The number of benzene rings is 2. The van der Waals surface area contributed by atoms with Gasteiger partial charge in [-0.15, -0.1) is 0 Å². The Balaban J connectivity index is 2.20. The van der Waals surface area contributed by atoms with E-state index in [1.165, 1.54) is 0 Å². The second kappa shape index (κ2) is 8.04. The maximum Gasteiger partial charge on any atom is 0.228 e. The van der Waals surface area contributed by atoms with Gasteiger partial charge in [-0.05, 0) is 63.9 Å². The molecule has 1 amide bonds. The third-order valence-electron chi connectivity index (χ3n) is 4.37. The van der Waals surface area contributed by atoms with E-state index in [0.29, 0.717) is 0 Å². The molecule has 0 aliphatic carbocycles. The molecular formula is C21H27NO3S. The van der Waals surface area contributed by atoms with Crippen LogP contribution in [0.15, 0.2) is 47.4 Å². The molecule has 0 N–H and O–H groups in total. The number of hydrogen-bond acceptors (Lipinski definition) is 3. The first-order chi connectivity index (χ1) is 12.1. The molecule has 0 atom stereocenters. The normalized spacial score (nSPS) is 11.6. The predicted octanol–water partition coefficient (Wildman–Crippen LogP) is 4.22. The maximum atomic E-state index is 12.8. The molecular weight excluding hydrogens is 346 g/mol. The summed E-state index contributed by atoms with van der Waals surface area (Å²) in [6, 6.07) is 12.6. The minimum absolute atomic E-state index is 0.0399. The highest BCUT2D eigenvalue weighted by atomic mass is 32.2. The van der Waals surface area contributed by atoms with Crippen molar-refractivity contribution in [3.8, 4) is 0 Å². The first-order valence-corrected chi connectivity index (χ1v) is 10.5. The number of sulfone groups is 1. The smallest absolute Gasteiger partial charge is 0.228 e. The lowest BCUT2D eigenvalue weighted by molar-refractivity contribution is -0.118. The molecule has 0 unspecified atom stereocenters. The Morgan fingerprint density at radius 3 is 2.12 bits per heavy atom. The molecule has 0 bridgehead atoms.